The maximum absolute atomic E-state index is 5.36. The van der Waals surface area contributed by atoms with Crippen LogP contribution in [0.1, 0.15) is 5.56 Å². The van der Waals surface area contributed by atoms with E-state index in [1.807, 2.05) is 72.8 Å². The van der Waals surface area contributed by atoms with Gasteiger partial charge < -0.3 is 9.47 Å². The summed E-state index contributed by atoms with van der Waals surface area (Å²) >= 11 is 0. The topological polar surface area (TPSA) is 55.5 Å². The van der Waals surface area contributed by atoms with Crippen LogP contribution in [0.3, 0.4) is 0 Å². The van der Waals surface area contributed by atoms with Crippen molar-refractivity contribution in [3.05, 3.63) is 78.4 Å². The smallest absolute Gasteiger partial charge is 0.231 e. The number of hydrogen-bond acceptors (Lipinski definition) is 5. The summed E-state index contributed by atoms with van der Waals surface area (Å²) in [5, 5.41) is 8.41. The Labute approximate surface area is 145 Å². The molecule has 1 aliphatic heterocycles. The van der Waals surface area contributed by atoms with Crippen LogP contribution in [0.4, 0.5) is 17.1 Å². The molecule has 0 saturated heterocycles. The molecule has 0 amide bonds. The molecular formula is C20H15N3O2. The molecular weight excluding hydrogens is 314 g/mol. The van der Waals surface area contributed by atoms with E-state index in [0.29, 0.717) is 0 Å². The zero-order valence-electron chi connectivity index (χ0n) is 13.4. The normalized spacial score (nSPS) is 13.0. The Kier molecular flexibility index (Phi) is 4.20. The number of aliphatic imine (C=N–C) groups is 1. The summed E-state index contributed by atoms with van der Waals surface area (Å²) in [5.74, 6) is 1.52. The van der Waals surface area contributed by atoms with E-state index in [2.05, 4.69) is 15.2 Å². The predicted molar refractivity (Wildman–Crippen MR) is 96.9 cm³/mol. The fraction of sp³-hybridized carbons (Fsp3) is 0.0500. The largest absolute Gasteiger partial charge is 0.454 e. The number of fused-ring (bicyclic) bond motifs is 1. The molecule has 0 atom stereocenters. The molecule has 0 unspecified atom stereocenters. The quantitative estimate of drug-likeness (QED) is 0.463. The van der Waals surface area contributed by atoms with Crippen molar-refractivity contribution in [2.24, 2.45) is 15.2 Å². The van der Waals surface area contributed by atoms with Crippen LogP contribution in [0.25, 0.3) is 0 Å². The van der Waals surface area contributed by atoms with Gasteiger partial charge in [0.2, 0.25) is 6.79 Å². The van der Waals surface area contributed by atoms with Crippen molar-refractivity contribution in [3.63, 3.8) is 0 Å². The molecule has 5 nitrogen and oxygen atoms in total. The molecule has 5 heteroatoms. The number of azo groups is 1. The third-order valence-corrected chi connectivity index (χ3v) is 3.65. The van der Waals surface area contributed by atoms with Crippen LogP contribution in [-0.4, -0.2) is 13.0 Å². The highest BCUT2D eigenvalue weighted by atomic mass is 16.7. The van der Waals surface area contributed by atoms with E-state index in [9.17, 15) is 0 Å². The molecule has 0 radical (unpaired) electrons. The zero-order valence-corrected chi connectivity index (χ0v) is 13.4. The van der Waals surface area contributed by atoms with Crippen molar-refractivity contribution < 1.29 is 9.47 Å². The maximum atomic E-state index is 5.36. The second kappa shape index (κ2) is 6.97. The Bertz CT molecular complexity index is 919. The summed E-state index contributed by atoms with van der Waals surface area (Å²) in [7, 11) is 0. The molecule has 1 heterocycles. The molecule has 0 bridgehead atoms. The van der Waals surface area contributed by atoms with E-state index in [-0.39, 0.29) is 6.79 Å². The number of nitrogens with zero attached hydrogens (tertiary/aromatic N) is 3. The third kappa shape index (κ3) is 3.72. The molecule has 1 aliphatic rings. The van der Waals surface area contributed by atoms with Crippen LogP contribution in [0.2, 0.25) is 0 Å². The first kappa shape index (κ1) is 15.1. The Morgan fingerprint density at radius 3 is 2.16 bits per heavy atom. The van der Waals surface area contributed by atoms with Crippen molar-refractivity contribution in [2.45, 2.75) is 0 Å². The summed E-state index contributed by atoms with van der Waals surface area (Å²) in [6.45, 7) is 0.273. The van der Waals surface area contributed by atoms with E-state index in [1.165, 1.54) is 0 Å². The Morgan fingerprint density at radius 2 is 1.36 bits per heavy atom. The third-order valence-electron chi connectivity index (χ3n) is 3.65. The lowest BCUT2D eigenvalue weighted by molar-refractivity contribution is 0.174. The molecule has 0 N–H and O–H groups in total. The average Bonchev–Trinajstić information content (AvgIpc) is 3.14. The average molecular weight is 329 g/mol. The highest BCUT2D eigenvalue weighted by molar-refractivity contribution is 5.83. The van der Waals surface area contributed by atoms with Gasteiger partial charge in [-0.3, -0.25) is 4.99 Å². The minimum Gasteiger partial charge on any atom is -0.454 e. The summed E-state index contributed by atoms with van der Waals surface area (Å²) < 4.78 is 10.7. The molecule has 0 aliphatic carbocycles. The minimum absolute atomic E-state index is 0.273. The molecule has 25 heavy (non-hydrogen) atoms. The fourth-order valence-corrected chi connectivity index (χ4v) is 2.36. The van der Waals surface area contributed by atoms with Crippen LogP contribution < -0.4 is 9.47 Å². The van der Waals surface area contributed by atoms with Crippen molar-refractivity contribution in [3.8, 4) is 11.5 Å². The van der Waals surface area contributed by atoms with Crippen LogP contribution in [0, 0.1) is 0 Å². The lowest BCUT2D eigenvalue weighted by Gasteiger charge is -1.98. The standard InChI is InChI=1S/C20H15N3O2/c1-2-4-17(5-3-1)22-23-18-9-7-16(8-10-18)21-13-15-6-11-19-20(12-15)25-14-24-19/h1-13H,14H2. The van der Waals surface area contributed by atoms with Gasteiger partial charge in [0.15, 0.2) is 11.5 Å². The maximum Gasteiger partial charge on any atom is 0.231 e. The van der Waals surface area contributed by atoms with Gasteiger partial charge in [-0.1, -0.05) is 18.2 Å². The van der Waals surface area contributed by atoms with Crippen molar-refractivity contribution in [1.29, 1.82) is 0 Å². The number of rotatable bonds is 4. The molecule has 3 aromatic carbocycles. The van der Waals surface area contributed by atoms with E-state index >= 15 is 0 Å². The van der Waals surface area contributed by atoms with Crippen molar-refractivity contribution >= 4 is 23.3 Å². The van der Waals surface area contributed by atoms with Gasteiger partial charge in [0.25, 0.3) is 0 Å². The van der Waals surface area contributed by atoms with Gasteiger partial charge in [0.1, 0.15) is 0 Å². The summed E-state index contributed by atoms with van der Waals surface area (Å²) in [6.07, 6.45) is 1.79. The summed E-state index contributed by atoms with van der Waals surface area (Å²) in [6, 6.07) is 23.0. The lowest BCUT2D eigenvalue weighted by atomic mass is 10.2. The number of ether oxygens (including phenoxy) is 2. The summed E-state index contributed by atoms with van der Waals surface area (Å²) in [4.78, 5) is 4.47. The molecule has 4 rings (SSSR count). The summed E-state index contributed by atoms with van der Waals surface area (Å²) in [5.41, 5.74) is 3.41. The molecule has 0 fully saturated rings. The zero-order chi connectivity index (χ0) is 16.9. The second-order valence-electron chi connectivity index (χ2n) is 5.42. The molecule has 3 aromatic rings. The second-order valence-corrected chi connectivity index (χ2v) is 5.42. The Morgan fingerprint density at radius 1 is 0.680 bits per heavy atom. The SMILES string of the molecule is C(=Nc1ccc(N=Nc2ccccc2)cc1)c1ccc2c(c1)OCO2. The van der Waals surface area contributed by atoms with Crippen molar-refractivity contribution in [2.75, 3.05) is 6.79 Å². The molecule has 0 saturated carbocycles. The van der Waals surface area contributed by atoms with Gasteiger partial charge in [-0.15, -0.1) is 0 Å². The van der Waals surface area contributed by atoms with Crippen LogP contribution >= 0.6 is 0 Å². The first-order valence-electron chi connectivity index (χ1n) is 7.87. The number of benzene rings is 3. The Hall–Kier alpha value is -3.47. The van der Waals surface area contributed by atoms with Gasteiger partial charge in [0.05, 0.1) is 17.1 Å². The minimum atomic E-state index is 0.273. The van der Waals surface area contributed by atoms with E-state index in [0.717, 1.165) is 34.1 Å². The van der Waals surface area contributed by atoms with Gasteiger partial charge >= 0.3 is 0 Å². The van der Waals surface area contributed by atoms with Crippen LogP contribution in [0.15, 0.2) is 88.0 Å². The van der Waals surface area contributed by atoms with Gasteiger partial charge in [-0.25, -0.2) is 0 Å². The molecule has 0 spiro atoms. The van der Waals surface area contributed by atoms with Gasteiger partial charge in [-0.2, -0.15) is 10.2 Å². The van der Waals surface area contributed by atoms with E-state index < -0.39 is 0 Å². The lowest BCUT2D eigenvalue weighted by Crippen LogP contribution is -1.92. The molecule has 122 valence electrons. The highest BCUT2D eigenvalue weighted by Gasteiger charge is 2.12. The van der Waals surface area contributed by atoms with Crippen LogP contribution in [-0.2, 0) is 0 Å². The van der Waals surface area contributed by atoms with Crippen molar-refractivity contribution in [1.82, 2.24) is 0 Å². The van der Waals surface area contributed by atoms with Gasteiger partial charge in [-0.05, 0) is 60.2 Å². The Balaban J connectivity index is 1.44. The first-order valence-corrected chi connectivity index (χ1v) is 7.87. The molecule has 0 aromatic heterocycles. The first-order chi connectivity index (χ1) is 12.4. The predicted octanol–water partition coefficient (Wildman–Crippen LogP) is 5.58. The monoisotopic (exact) mass is 329 g/mol. The van der Waals surface area contributed by atoms with Gasteiger partial charge in [0, 0.05) is 6.21 Å². The van der Waals surface area contributed by atoms with Crippen LogP contribution in [0.5, 0.6) is 11.5 Å². The fourth-order valence-electron chi connectivity index (χ4n) is 2.36. The highest BCUT2D eigenvalue weighted by Crippen LogP contribution is 2.32. The van der Waals surface area contributed by atoms with E-state index in [1.54, 1.807) is 6.21 Å². The van der Waals surface area contributed by atoms with E-state index in [4.69, 9.17) is 9.47 Å². The number of hydrogen-bond donors (Lipinski definition) is 0.